The number of rotatable bonds is 11. The standard InChI is InChI=1S/C20H30FN3/c1-2-3-4-5-6-7-8-9-10-11-12-19-23-18-15-16(21)13-14-17(18)20(22)24-19/h13-15H,2-12H2,1H3,(H2,22,23,24). The van der Waals surface area contributed by atoms with E-state index in [1.165, 1.54) is 69.9 Å². The molecule has 4 heteroatoms. The van der Waals surface area contributed by atoms with Gasteiger partial charge in [-0.2, -0.15) is 0 Å². The maximum atomic E-state index is 13.3. The lowest BCUT2D eigenvalue weighted by Gasteiger charge is -2.06. The number of halogens is 1. The largest absolute Gasteiger partial charge is 0.383 e. The third-order valence-electron chi connectivity index (χ3n) is 4.49. The fraction of sp³-hybridized carbons (Fsp3) is 0.600. The van der Waals surface area contributed by atoms with Crippen molar-refractivity contribution in [3.63, 3.8) is 0 Å². The summed E-state index contributed by atoms with van der Waals surface area (Å²) in [6.07, 6.45) is 13.8. The van der Waals surface area contributed by atoms with E-state index in [0.29, 0.717) is 11.3 Å². The van der Waals surface area contributed by atoms with E-state index >= 15 is 0 Å². The van der Waals surface area contributed by atoms with Crippen molar-refractivity contribution in [2.45, 2.75) is 77.6 Å². The Balaban J connectivity index is 1.67. The number of nitrogen functional groups attached to an aromatic ring is 1. The molecule has 0 spiro atoms. The van der Waals surface area contributed by atoms with Crippen LogP contribution in [0.4, 0.5) is 10.2 Å². The molecular weight excluding hydrogens is 301 g/mol. The average molecular weight is 331 g/mol. The van der Waals surface area contributed by atoms with E-state index in [1.807, 2.05) is 0 Å². The first kappa shape index (κ1) is 18.6. The van der Waals surface area contributed by atoms with Gasteiger partial charge in [-0.15, -0.1) is 0 Å². The predicted molar refractivity (Wildman–Crippen MR) is 99.5 cm³/mol. The van der Waals surface area contributed by atoms with Gasteiger partial charge in [0.15, 0.2) is 0 Å². The van der Waals surface area contributed by atoms with E-state index in [1.54, 1.807) is 6.07 Å². The highest BCUT2D eigenvalue weighted by Gasteiger charge is 2.06. The quantitative estimate of drug-likeness (QED) is 0.528. The minimum absolute atomic E-state index is 0.287. The topological polar surface area (TPSA) is 51.8 Å². The molecule has 0 amide bonds. The molecule has 0 atom stereocenters. The van der Waals surface area contributed by atoms with Crippen LogP contribution in [0.15, 0.2) is 18.2 Å². The van der Waals surface area contributed by atoms with Gasteiger partial charge in [-0.05, 0) is 18.6 Å². The van der Waals surface area contributed by atoms with E-state index in [-0.39, 0.29) is 5.82 Å². The first-order valence-corrected chi connectivity index (χ1v) is 9.42. The van der Waals surface area contributed by atoms with Crippen molar-refractivity contribution in [1.29, 1.82) is 0 Å². The smallest absolute Gasteiger partial charge is 0.135 e. The van der Waals surface area contributed by atoms with Crippen molar-refractivity contribution >= 4 is 16.7 Å². The van der Waals surface area contributed by atoms with Gasteiger partial charge < -0.3 is 5.73 Å². The summed E-state index contributed by atoms with van der Waals surface area (Å²) in [6, 6.07) is 4.46. The van der Waals surface area contributed by atoms with Crippen LogP contribution >= 0.6 is 0 Å². The SMILES string of the molecule is CCCCCCCCCCCCc1nc(N)c2ccc(F)cc2n1. The first-order valence-electron chi connectivity index (χ1n) is 9.42. The van der Waals surface area contributed by atoms with E-state index < -0.39 is 0 Å². The summed E-state index contributed by atoms with van der Waals surface area (Å²) in [5, 5.41) is 0.725. The maximum Gasteiger partial charge on any atom is 0.135 e. The Bertz CT molecular complexity index is 628. The average Bonchev–Trinajstić information content (AvgIpc) is 2.56. The number of anilines is 1. The number of aromatic nitrogens is 2. The molecule has 0 aliphatic heterocycles. The highest BCUT2D eigenvalue weighted by Crippen LogP contribution is 2.19. The van der Waals surface area contributed by atoms with Crippen LogP contribution in [0.3, 0.4) is 0 Å². The Labute approximate surface area is 144 Å². The molecule has 0 fully saturated rings. The molecule has 0 saturated carbocycles. The minimum Gasteiger partial charge on any atom is -0.383 e. The Hall–Kier alpha value is -1.71. The second-order valence-electron chi connectivity index (χ2n) is 6.62. The minimum atomic E-state index is -0.287. The normalized spacial score (nSPS) is 11.2. The van der Waals surface area contributed by atoms with E-state index in [0.717, 1.165) is 24.1 Å². The van der Waals surface area contributed by atoms with Gasteiger partial charge in [0.2, 0.25) is 0 Å². The second kappa shape index (κ2) is 10.2. The van der Waals surface area contributed by atoms with Crippen molar-refractivity contribution in [2.75, 3.05) is 5.73 Å². The lowest BCUT2D eigenvalue weighted by molar-refractivity contribution is 0.554. The van der Waals surface area contributed by atoms with Crippen LogP contribution in [-0.4, -0.2) is 9.97 Å². The lowest BCUT2D eigenvalue weighted by atomic mass is 10.1. The molecule has 132 valence electrons. The van der Waals surface area contributed by atoms with Crippen LogP contribution in [0.25, 0.3) is 10.9 Å². The zero-order valence-corrected chi connectivity index (χ0v) is 14.9. The first-order chi connectivity index (χ1) is 11.7. The highest BCUT2D eigenvalue weighted by atomic mass is 19.1. The summed E-state index contributed by atoms with van der Waals surface area (Å²) in [5.41, 5.74) is 6.55. The molecule has 1 heterocycles. The molecule has 1 aromatic heterocycles. The Kier molecular flexibility index (Phi) is 7.93. The van der Waals surface area contributed by atoms with Gasteiger partial charge in [0.1, 0.15) is 17.5 Å². The predicted octanol–water partition coefficient (Wildman–Crippen LogP) is 5.81. The van der Waals surface area contributed by atoms with Gasteiger partial charge in [0.25, 0.3) is 0 Å². The summed E-state index contributed by atoms with van der Waals surface area (Å²) in [4.78, 5) is 8.79. The van der Waals surface area contributed by atoms with Crippen molar-refractivity contribution in [2.24, 2.45) is 0 Å². The van der Waals surface area contributed by atoms with Crippen LogP contribution in [0.5, 0.6) is 0 Å². The molecule has 0 bridgehead atoms. The molecule has 3 nitrogen and oxygen atoms in total. The maximum absolute atomic E-state index is 13.3. The molecule has 2 rings (SSSR count). The molecule has 0 aliphatic carbocycles. The lowest BCUT2D eigenvalue weighted by Crippen LogP contribution is -2.01. The number of aryl methyl sites for hydroxylation is 1. The van der Waals surface area contributed by atoms with Gasteiger partial charge in [-0.25, -0.2) is 14.4 Å². The second-order valence-corrected chi connectivity index (χ2v) is 6.62. The molecule has 24 heavy (non-hydrogen) atoms. The summed E-state index contributed by atoms with van der Waals surface area (Å²) in [6.45, 7) is 2.25. The number of benzene rings is 1. The van der Waals surface area contributed by atoms with Gasteiger partial charge in [0, 0.05) is 17.9 Å². The summed E-state index contributed by atoms with van der Waals surface area (Å²) in [5.74, 6) is 0.887. The summed E-state index contributed by atoms with van der Waals surface area (Å²) in [7, 11) is 0. The molecule has 0 saturated heterocycles. The molecule has 0 radical (unpaired) electrons. The monoisotopic (exact) mass is 331 g/mol. The number of unbranched alkanes of at least 4 members (excludes halogenated alkanes) is 9. The Morgan fingerprint density at radius 2 is 1.50 bits per heavy atom. The van der Waals surface area contributed by atoms with Crippen LogP contribution < -0.4 is 5.73 Å². The van der Waals surface area contributed by atoms with Gasteiger partial charge in [0.05, 0.1) is 5.52 Å². The van der Waals surface area contributed by atoms with E-state index in [4.69, 9.17) is 5.73 Å². The number of hydrogen-bond donors (Lipinski definition) is 1. The van der Waals surface area contributed by atoms with E-state index in [9.17, 15) is 4.39 Å². The third kappa shape index (κ3) is 6.06. The van der Waals surface area contributed by atoms with Crippen LogP contribution in [0.2, 0.25) is 0 Å². The van der Waals surface area contributed by atoms with Crippen LogP contribution in [0, 0.1) is 5.82 Å². The molecule has 0 aliphatic rings. The van der Waals surface area contributed by atoms with Crippen molar-refractivity contribution < 1.29 is 4.39 Å². The number of hydrogen-bond acceptors (Lipinski definition) is 3. The van der Waals surface area contributed by atoms with Crippen molar-refractivity contribution in [3.05, 3.63) is 29.8 Å². The molecule has 2 aromatic rings. The third-order valence-corrected chi connectivity index (χ3v) is 4.49. The molecule has 2 N–H and O–H groups in total. The van der Waals surface area contributed by atoms with Crippen molar-refractivity contribution in [1.82, 2.24) is 9.97 Å². The zero-order chi connectivity index (χ0) is 17.2. The zero-order valence-electron chi connectivity index (χ0n) is 14.9. The van der Waals surface area contributed by atoms with E-state index in [2.05, 4.69) is 16.9 Å². The van der Waals surface area contributed by atoms with Crippen LogP contribution in [-0.2, 0) is 6.42 Å². The van der Waals surface area contributed by atoms with Crippen LogP contribution in [0.1, 0.15) is 77.0 Å². The number of fused-ring (bicyclic) bond motifs is 1. The molecule has 1 aromatic carbocycles. The summed E-state index contributed by atoms with van der Waals surface area (Å²) >= 11 is 0. The fourth-order valence-electron chi connectivity index (χ4n) is 3.06. The fourth-order valence-corrected chi connectivity index (χ4v) is 3.06. The molecule has 0 unspecified atom stereocenters. The summed E-state index contributed by atoms with van der Waals surface area (Å²) < 4.78 is 13.3. The van der Waals surface area contributed by atoms with Gasteiger partial charge in [-0.3, -0.25) is 0 Å². The van der Waals surface area contributed by atoms with Gasteiger partial charge >= 0.3 is 0 Å². The molecular formula is C20H30FN3. The number of nitrogens with two attached hydrogens (primary N) is 1. The Morgan fingerprint density at radius 1 is 0.875 bits per heavy atom. The van der Waals surface area contributed by atoms with Gasteiger partial charge in [-0.1, -0.05) is 64.7 Å². The highest BCUT2D eigenvalue weighted by molar-refractivity contribution is 5.87. The Morgan fingerprint density at radius 3 is 2.17 bits per heavy atom. The number of nitrogens with zero attached hydrogens (tertiary/aromatic N) is 2. The van der Waals surface area contributed by atoms with Crippen molar-refractivity contribution in [3.8, 4) is 0 Å².